The summed E-state index contributed by atoms with van der Waals surface area (Å²) in [4.78, 5) is 28.5. The number of hydrogen-bond donors (Lipinski definition) is 4. The summed E-state index contributed by atoms with van der Waals surface area (Å²) in [7, 11) is 0. The number of fused-ring (bicyclic) bond motifs is 2. The van der Waals surface area contributed by atoms with Gasteiger partial charge in [-0.1, -0.05) is 36.4 Å². The minimum absolute atomic E-state index is 0.0123. The first-order valence-electron chi connectivity index (χ1n) is 11.3. The molecule has 33 heavy (non-hydrogen) atoms. The lowest BCUT2D eigenvalue weighted by atomic mass is 10.0. The van der Waals surface area contributed by atoms with Gasteiger partial charge in [0.15, 0.2) is 0 Å². The maximum absolute atomic E-state index is 11.4. The van der Waals surface area contributed by atoms with Gasteiger partial charge in [-0.25, -0.2) is 5.48 Å². The Bertz CT molecular complexity index is 1170. The van der Waals surface area contributed by atoms with Crippen molar-refractivity contribution < 1.29 is 14.8 Å². The summed E-state index contributed by atoms with van der Waals surface area (Å²) in [6, 6.07) is 14.9. The van der Waals surface area contributed by atoms with Crippen LogP contribution in [0.3, 0.4) is 0 Å². The SMILES string of the molecule is CC(=O)NCCN(CCc1c[nH]c2ccccc12)C1CCc2cc(/C=C/C(=O)NO)ccc21. The van der Waals surface area contributed by atoms with Crippen LogP contribution in [0.15, 0.2) is 54.7 Å². The molecule has 0 saturated carbocycles. The van der Waals surface area contributed by atoms with E-state index in [0.717, 1.165) is 43.4 Å². The number of aromatic amines is 1. The molecule has 7 heteroatoms. The van der Waals surface area contributed by atoms with Crippen LogP contribution in [0.25, 0.3) is 17.0 Å². The van der Waals surface area contributed by atoms with Crippen LogP contribution >= 0.6 is 0 Å². The third-order valence-electron chi connectivity index (χ3n) is 6.31. The maximum atomic E-state index is 11.4. The molecule has 7 nitrogen and oxygen atoms in total. The molecule has 4 rings (SSSR count). The van der Waals surface area contributed by atoms with Gasteiger partial charge in [0.2, 0.25) is 5.91 Å². The van der Waals surface area contributed by atoms with Crippen LogP contribution in [0.4, 0.5) is 0 Å². The van der Waals surface area contributed by atoms with Crippen LogP contribution in [0, 0.1) is 0 Å². The van der Waals surface area contributed by atoms with Gasteiger partial charge in [-0.3, -0.25) is 19.7 Å². The van der Waals surface area contributed by atoms with Gasteiger partial charge in [-0.15, -0.1) is 0 Å². The molecule has 0 spiro atoms. The van der Waals surface area contributed by atoms with Gasteiger partial charge >= 0.3 is 0 Å². The Labute approximate surface area is 193 Å². The van der Waals surface area contributed by atoms with Crippen LogP contribution in [-0.4, -0.2) is 46.5 Å². The van der Waals surface area contributed by atoms with E-state index in [1.54, 1.807) is 18.5 Å². The van der Waals surface area contributed by atoms with Crippen molar-refractivity contribution in [1.29, 1.82) is 0 Å². The number of aromatic nitrogens is 1. The molecule has 0 aliphatic heterocycles. The summed E-state index contributed by atoms with van der Waals surface area (Å²) in [6.07, 6.45) is 8.03. The highest BCUT2D eigenvalue weighted by Crippen LogP contribution is 2.36. The molecule has 1 atom stereocenters. The summed E-state index contributed by atoms with van der Waals surface area (Å²) in [6.45, 7) is 3.84. The lowest BCUT2D eigenvalue weighted by molar-refractivity contribution is -0.124. The third kappa shape index (κ3) is 5.50. The van der Waals surface area contributed by atoms with Gasteiger partial charge in [-0.2, -0.15) is 0 Å². The highest BCUT2D eigenvalue weighted by molar-refractivity contribution is 5.90. The zero-order valence-electron chi connectivity index (χ0n) is 18.8. The number of hydroxylamine groups is 1. The molecule has 2 amide bonds. The molecule has 1 aliphatic rings. The number of aryl methyl sites for hydroxylation is 1. The van der Waals surface area contributed by atoms with Crippen molar-refractivity contribution in [3.8, 4) is 0 Å². The lowest BCUT2D eigenvalue weighted by Crippen LogP contribution is -2.37. The van der Waals surface area contributed by atoms with Gasteiger partial charge in [-0.05, 0) is 53.7 Å². The number of H-pyrrole nitrogens is 1. The number of amides is 2. The van der Waals surface area contributed by atoms with Crippen molar-refractivity contribution in [2.75, 3.05) is 19.6 Å². The molecule has 4 N–H and O–H groups in total. The molecule has 1 heterocycles. The topological polar surface area (TPSA) is 97.5 Å². The number of rotatable bonds is 9. The number of nitrogens with one attached hydrogen (secondary N) is 3. The molecule has 3 aromatic rings. The average molecular weight is 447 g/mol. The zero-order valence-corrected chi connectivity index (χ0v) is 18.8. The first-order valence-corrected chi connectivity index (χ1v) is 11.3. The Morgan fingerprint density at radius 1 is 1.21 bits per heavy atom. The standard InChI is InChI=1S/C26H30N4O3/c1-18(31)27-13-15-30(14-12-21-17-28-24-5-3-2-4-22(21)24)25-10-8-20-16-19(6-9-23(20)25)7-11-26(32)29-33/h2-7,9,11,16-17,25,28,33H,8,10,12-15H2,1H3,(H,27,31)(H,29,32)/b11-7+. The molecule has 0 fully saturated rings. The fourth-order valence-corrected chi connectivity index (χ4v) is 4.71. The number of benzene rings is 2. The largest absolute Gasteiger partial charge is 0.361 e. The van der Waals surface area contributed by atoms with Crippen molar-refractivity contribution in [3.05, 3.63) is 77.0 Å². The van der Waals surface area contributed by atoms with E-state index in [2.05, 4.69) is 51.7 Å². The van der Waals surface area contributed by atoms with Crippen LogP contribution in [0.1, 0.15) is 41.6 Å². The number of carbonyl (C=O) groups excluding carboxylic acids is 2. The highest BCUT2D eigenvalue weighted by Gasteiger charge is 2.28. The van der Waals surface area contributed by atoms with Crippen molar-refractivity contribution in [1.82, 2.24) is 20.7 Å². The summed E-state index contributed by atoms with van der Waals surface area (Å²) in [5.41, 5.74) is 7.58. The van der Waals surface area contributed by atoms with E-state index in [9.17, 15) is 9.59 Å². The Kier molecular flexibility index (Phi) is 7.22. The van der Waals surface area contributed by atoms with Crippen LogP contribution in [-0.2, 0) is 22.4 Å². The number of nitrogens with zero attached hydrogens (tertiary/aromatic N) is 1. The molecule has 1 aromatic heterocycles. The second-order valence-corrected chi connectivity index (χ2v) is 8.45. The van der Waals surface area contributed by atoms with Gasteiger partial charge in [0.1, 0.15) is 0 Å². The van der Waals surface area contributed by atoms with E-state index >= 15 is 0 Å². The first kappa shape index (κ1) is 22.8. The van der Waals surface area contributed by atoms with Crippen LogP contribution in [0.2, 0.25) is 0 Å². The van der Waals surface area contributed by atoms with E-state index in [1.807, 2.05) is 12.1 Å². The van der Waals surface area contributed by atoms with E-state index in [4.69, 9.17) is 5.21 Å². The molecule has 172 valence electrons. The lowest BCUT2D eigenvalue weighted by Gasteiger charge is -2.30. The normalized spacial score (nSPS) is 15.3. The smallest absolute Gasteiger partial charge is 0.267 e. The van der Waals surface area contributed by atoms with E-state index in [0.29, 0.717) is 6.54 Å². The predicted molar refractivity (Wildman–Crippen MR) is 129 cm³/mol. The van der Waals surface area contributed by atoms with Crippen molar-refractivity contribution in [2.24, 2.45) is 0 Å². The van der Waals surface area contributed by atoms with Crippen molar-refractivity contribution >= 4 is 28.8 Å². The Morgan fingerprint density at radius 3 is 2.88 bits per heavy atom. The van der Waals surface area contributed by atoms with E-state index in [-0.39, 0.29) is 11.9 Å². The second-order valence-electron chi connectivity index (χ2n) is 8.45. The average Bonchev–Trinajstić information content (AvgIpc) is 3.43. The number of carbonyl (C=O) groups is 2. The molecular formula is C26H30N4O3. The Morgan fingerprint density at radius 2 is 2.06 bits per heavy atom. The van der Waals surface area contributed by atoms with E-state index in [1.165, 1.54) is 28.2 Å². The fourth-order valence-electron chi connectivity index (χ4n) is 4.71. The first-order chi connectivity index (χ1) is 16.0. The molecule has 0 saturated heterocycles. The number of para-hydroxylation sites is 1. The Balaban J connectivity index is 1.51. The molecule has 1 aliphatic carbocycles. The second kappa shape index (κ2) is 10.5. The fraction of sp³-hybridized carbons (Fsp3) is 0.308. The molecule has 0 bridgehead atoms. The van der Waals surface area contributed by atoms with Crippen molar-refractivity contribution in [2.45, 2.75) is 32.2 Å². The molecule has 1 unspecified atom stereocenters. The minimum atomic E-state index is -0.546. The van der Waals surface area contributed by atoms with Gasteiger partial charge in [0, 0.05) is 55.8 Å². The van der Waals surface area contributed by atoms with Gasteiger partial charge in [0.25, 0.3) is 5.91 Å². The summed E-state index contributed by atoms with van der Waals surface area (Å²) in [5.74, 6) is -0.559. The van der Waals surface area contributed by atoms with Crippen LogP contribution in [0.5, 0.6) is 0 Å². The quantitative estimate of drug-likeness (QED) is 0.230. The van der Waals surface area contributed by atoms with Gasteiger partial charge in [0.05, 0.1) is 0 Å². The predicted octanol–water partition coefficient (Wildman–Crippen LogP) is 3.35. The van der Waals surface area contributed by atoms with Gasteiger partial charge < -0.3 is 10.3 Å². The zero-order chi connectivity index (χ0) is 23.2. The molecular weight excluding hydrogens is 416 g/mol. The monoisotopic (exact) mass is 446 g/mol. The highest BCUT2D eigenvalue weighted by atomic mass is 16.5. The molecule has 0 radical (unpaired) electrons. The summed E-state index contributed by atoms with van der Waals surface area (Å²) in [5, 5.41) is 12.9. The van der Waals surface area contributed by atoms with Crippen LogP contribution < -0.4 is 10.8 Å². The summed E-state index contributed by atoms with van der Waals surface area (Å²) >= 11 is 0. The number of hydrogen-bond acceptors (Lipinski definition) is 4. The molecule has 2 aromatic carbocycles. The maximum Gasteiger partial charge on any atom is 0.267 e. The van der Waals surface area contributed by atoms with E-state index < -0.39 is 5.91 Å². The Hall–Kier alpha value is -3.42. The third-order valence-corrected chi connectivity index (χ3v) is 6.31. The van der Waals surface area contributed by atoms with Crippen molar-refractivity contribution in [3.63, 3.8) is 0 Å². The minimum Gasteiger partial charge on any atom is -0.361 e. The summed E-state index contributed by atoms with van der Waals surface area (Å²) < 4.78 is 0.